The number of hydrogen-bond acceptors (Lipinski definition) is 3. The smallest absolute Gasteiger partial charge is 0.302 e. The third-order valence-corrected chi connectivity index (χ3v) is 6.59. The van der Waals surface area contributed by atoms with E-state index in [0.29, 0.717) is 6.61 Å². The van der Waals surface area contributed by atoms with E-state index < -0.39 is 0 Å². The summed E-state index contributed by atoms with van der Waals surface area (Å²) in [5.74, 6) is 0.851. The molecule has 0 heterocycles. The van der Waals surface area contributed by atoms with Crippen LogP contribution in [0.2, 0.25) is 0 Å². The van der Waals surface area contributed by atoms with Crippen LogP contribution in [0.5, 0.6) is 5.75 Å². The third-order valence-electron chi connectivity index (χ3n) is 6.59. The maximum atomic E-state index is 11.7. The van der Waals surface area contributed by atoms with Gasteiger partial charge in [0, 0.05) is 24.0 Å². The minimum Gasteiger partial charge on any atom is -0.489 e. The Morgan fingerprint density at radius 3 is 2.19 bits per heavy atom. The van der Waals surface area contributed by atoms with E-state index in [1.165, 1.54) is 34.0 Å². The van der Waals surface area contributed by atoms with Gasteiger partial charge in [0.25, 0.3) is 0 Å². The molecule has 0 aliphatic heterocycles. The SMILES string of the molecule is CC(=O)O[C@H]1CCCC[C@@H]1c1ccccc1OCc1c2ccccc2cc2ccccc12. The number of para-hydroxylation sites is 1. The molecule has 1 aliphatic rings. The molecule has 0 aromatic heterocycles. The zero-order valence-corrected chi connectivity index (χ0v) is 18.4. The molecule has 162 valence electrons. The Balaban J connectivity index is 1.50. The fourth-order valence-electron chi connectivity index (χ4n) is 5.14. The molecule has 4 aromatic rings. The van der Waals surface area contributed by atoms with E-state index in [4.69, 9.17) is 9.47 Å². The minimum atomic E-state index is -0.206. The van der Waals surface area contributed by atoms with E-state index in [1.807, 2.05) is 12.1 Å². The molecule has 3 heteroatoms. The van der Waals surface area contributed by atoms with Crippen molar-refractivity contribution in [3.63, 3.8) is 0 Å². The van der Waals surface area contributed by atoms with Crippen LogP contribution in [0.3, 0.4) is 0 Å². The van der Waals surface area contributed by atoms with Crippen LogP contribution in [0.4, 0.5) is 0 Å². The van der Waals surface area contributed by atoms with E-state index in [9.17, 15) is 4.79 Å². The molecule has 0 bridgehead atoms. The first-order chi connectivity index (χ1) is 15.7. The maximum absolute atomic E-state index is 11.7. The molecule has 0 radical (unpaired) electrons. The summed E-state index contributed by atoms with van der Waals surface area (Å²) < 4.78 is 12.2. The van der Waals surface area contributed by atoms with Gasteiger partial charge in [-0.2, -0.15) is 0 Å². The van der Waals surface area contributed by atoms with Crippen molar-refractivity contribution in [1.82, 2.24) is 0 Å². The van der Waals surface area contributed by atoms with Crippen LogP contribution in [-0.2, 0) is 16.1 Å². The molecule has 1 aliphatic carbocycles. The predicted molar refractivity (Wildman–Crippen MR) is 129 cm³/mol. The number of carbonyl (C=O) groups excluding carboxylic acids is 1. The van der Waals surface area contributed by atoms with Crippen molar-refractivity contribution in [3.8, 4) is 5.75 Å². The quantitative estimate of drug-likeness (QED) is 0.252. The van der Waals surface area contributed by atoms with Gasteiger partial charge in [0.05, 0.1) is 0 Å². The second kappa shape index (κ2) is 9.04. The lowest BCUT2D eigenvalue weighted by Gasteiger charge is -2.32. The van der Waals surface area contributed by atoms with E-state index in [0.717, 1.165) is 37.0 Å². The Labute approximate surface area is 189 Å². The van der Waals surface area contributed by atoms with Crippen molar-refractivity contribution >= 4 is 27.5 Å². The van der Waals surface area contributed by atoms with Crippen molar-refractivity contribution in [1.29, 1.82) is 0 Å². The number of esters is 1. The normalized spacial score (nSPS) is 18.5. The molecule has 0 unspecified atom stereocenters. The fourth-order valence-corrected chi connectivity index (χ4v) is 5.14. The van der Waals surface area contributed by atoms with Gasteiger partial charge in [-0.25, -0.2) is 0 Å². The van der Waals surface area contributed by atoms with Crippen molar-refractivity contribution in [2.24, 2.45) is 0 Å². The first kappa shape index (κ1) is 20.6. The Kier molecular flexibility index (Phi) is 5.81. The van der Waals surface area contributed by atoms with Crippen LogP contribution in [0.15, 0.2) is 78.9 Å². The van der Waals surface area contributed by atoms with E-state index in [2.05, 4.69) is 66.7 Å². The summed E-state index contributed by atoms with van der Waals surface area (Å²) >= 11 is 0. The van der Waals surface area contributed by atoms with Gasteiger partial charge in [-0.3, -0.25) is 4.79 Å². The Hall–Kier alpha value is -3.33. The van der Waals surface area contributed by atoms with Crippen LogP contribution in [0.25, 0.3) is 21.5 Å². The molecular formula is C29H28O3. The number of ether oxygens (including phenoxy) is 2. The number of benzene rings is 4. The summed E-state index contributed by atoms with van der Waals surface area (Å²) in [6.07, 6.45) is 4.08. The lowest BCUT2D eigenvalue weighted by Crippen LogP contribution is -2.28. The highest BCUT2D eigenvalue weighted by atomic mass is 16.5. The van der Waals surface area contributed by atoms with Crippen molar-refractivity contribution in [2.75, 3.05) is 0 Å². The molecular weight excluding hydrogens is 396 g/mol. The van der Waals surface area contributed by atoms with Crippen LogP contribution in [0.1, 0.15) is 49.7 Å². The first-order valence-electron chi connectivity index (χ1n) is 11.5. The molecule has 1 saturated carbocycles. The lowest BCUT2D eigenvalue weighted by atomic mass is 9.81. The largest absolute Gasteiger partial charge is 0.489 e. The zero-order chi connectivity index (χ0) is 21.9. The topological polar surface area (TPSA) is 35.5 Å². The second-order valence-electron chi connectivity index (χ2n) is 8.66. The van der Waals surface area contributed by atoms with Crippen molar-refractivity contribution in [3.05, 3.63) is 90.0 Å². The monoisotopic (exact) mass is 424 g/mol. The Bertz CT molecular complexity index is 1210. The standard InChI is InChI=1S/C29H28O3/c1-20(30)32-29-17-9-7-15-26(29)25-14-6-8-16-28(25)31-19-27-23-12-4-2-10-21(23)18-22-11-3-5-13-24(22)27/h2-6,8,10-14,16,18,26,29H,7,9,15,17,19H2,1H3/t26-,29+/m1/s1. The highest BCUT2D eigenvalue weighted by Crippen LogP contribution is 2.40. The summed E-state index contributed by atoms with van der Waals surface area (Å²) in [6.45, 7) is 1.99. The lowest BCUT2D eigenvalue weighted by molar-refractivity contribution is -0.148. The third kappa shape index (κ3) is 4.08. The van der Waals surface area contributed by atoms with Crippen molar-refractivity contribution < 1.29 is 14.3 Å². The first-order valence-corrected chi connectivity index (χ1v) is 11.5. The second-order valence-corrected chi connectivity index (χ2v) is 8.66. The molecule has 0 N–H and O–H groups in total. The van der Waals surface area contributed by atoms with Crippen LogP contribution in [0, 0.1) is 0 Å². The maximum Gasteiger partial charge on any atom is 0.302 e. The van der Waals surface area contributed by atoms with Crippen LogP contribution in [-0.4, -0.2) is 12.1 Å². The van der Waals surface area contributed by atoms with E-state index >= 15 is 0 Å². The minimum absolute atomic E-state index is 0.0793. The molecule has 3 nitrogen and oxygen atoms in total. The fraction of sp³-hybridized carbons (Fsp3) is 0.276. The Morgan fingerprint density at radius 1 is 0.844 bits per heavy atom. The number of rotatable bonds is 5. The highest BCUT2D eigenvalue weighted by Gasteiger charge is 2.31. The summed E-state index contributed by atoms with van der Waals surface area (Å²) in [4.78, 5) is 11.7. The zero-order valence-electron chi connectivity index (χ0n) is 18.4. The summed E-state index contributed by atoms with van der Waals surface area (Å²) in [5.41, 5.74) is 2.34. The molecule has 1 fully saturated rings. The molecule has 5 rings (SSSR count). The summed E-state index contributed by atoms with van der Waals surface area (Å²) in [6, 6.07) is 27.5. The number of carbonyl (C=O) groups is 1. The van der Waals surface area contributed by atoms with Gasteiger partial charge in [0.1, 0.15) is 18.5 Å². The molecule has 4 aromatic carbocycles. The van der Waals surface area contributed by atoms with Gasteiger partial charge in [0.15, 0.2) is 0 Å². The van der Waals surface area contributed by atoms with Gasteiger partial charge in [-0.1, -0.05) is 73.2 Å². The summed E-state index contributed by atoms with van der Waals surface area (Å²) in [5, 5.41) is 4.89. The molecule has 0 amide bonds. The molecule has 0 saturated heterocycles. The van der Waals surface area contributed by atoms with Gasteiger partial charge < -0.3 is 9.47 Å². The highest BCUT2D eigenvalue weighted by molar-refractivity contribution is 6.02. The van der Waals surface area contributed by atoms with E-state index in [1.54, 1.807) is 0 Å². The number of hydrogen-bond donors (Lipinski definition) is 0. The predicted octanol–water partition coefficient (Wildman–Crippen LogP) is 7.16. The van der Waals surface area contributed by atoms with Gasteiger partial charge in [0.2, 0.25) is 0 Å². The molecule has 32 heavy (non-hydrogen) atoms. The van der Waals surface area contributed by atoms with Crippen LogP contribution >= 0.6 is 0 Å². The Morgan fingerprint density at radius 2 is 1.47 bits per heavy atom. The molecule has 2 atom stereocenters. The summed E-state index contributed by atoms with van der Waals surface area (Å²) in [7, 11) is 0. The van der Waals surface area contributed by atoms with Crippen LogP contribution < -0.4 is 4.74 Å². The van der Waals surface area contributed by atoms with Gasteiger partial charge in [-0.15, -0.1) is 0 Å². The number of fused-ring (bicyclic) bond motifs is 2. The molecule has 0 spiro atoms. The average molecular weight is 425 g/mol. The van der Waals surface area contributed by atoms with Crippen molar-refractivity contribution in [2.45, 2.75) is 51.2 Å². The average Bonchev–Trinajstić information content (AvgIpc) is 2.82. The van der Waals surface area contributed by atoms with Gasteiger partial charge >= 0.3 is 5.97 Å². The van der Waals surface area contributed by atoms with E-state index in [-0.39, 0.29) is 18.0 Å². The van der Waals surface area contributed by atoms with Gasteiger partial charge in [-0.05, 0) is 52.9 Å².